The van der Waals surface area contributed by atoms with E-state index in [4.69, 9.17) is 14.2 Å². The van der Waals surface area contributed by atoms with E-state index in [-0.39, 0.29) is 0 Å². The number of halogens is 2. The Hall–Kier alpha value is -0.690. The average Bonchev–Trinajstić information content (AvgIpc) is 2.49. The highest BCUT2D eigenvalue weighted by Gasteiger charge is 2.33. The second-order valence-electron chi connectivity index (χ2n) is 4.91. The number of benzene rings is 1. The fourth-order valence-corrected chi connectivity index (χ4v) is 3.49. The first-order valence-corrected chi connectivity index (χ1v) is 9.05. The largest absolute Gasteiger partial charge is 0.421 e. The Labute approximate surface area is 154 Å². The summed E-state index contributed by atoms with van der Waals surface area (Å²) in [6.07, 6.45) is 0.651. The molecule has 0 saturated carbocycles. The van der Waals surface area contributed by atoms with Crippen LogP contribution >= 0.6 is 31.9 Å². The summed E-state index contributed by atoms with van der Waals surface area (Å²) in [5.74, 6) is -0.902. The molecule has 6 heteroatoms. The van der Waals surface area contributed by atoms with E-state index in [0.29, 0.717) is 39.9 Å². The van der Waals surface area contributed by atoms with E-state index in [1.165, 1.54) is 0 Å². The van der Waals surface area contributed by atoms with E-state index in [2.05, 4.69) is 38.4 Å². The summed E-state index contributed by atoms with van der Waals surface area (Å²) < 4.78 is 18.4. The minimum Gasteiger partial charge on any atom is -0.421 e. The first-order chi connectivity index (χ1) is 10.8. The van der Waals surface area contributed by atoms with Gasteiger partial charge in [0.15, 0.2) is 11.5 Å². The van der Waals surface area contributed by atoms with Crippen LogP contribution in [0, 0.1) is 0 Å². The molecule has 0 fully saturated rings. The second kappa shape index (κ2) is 8.97. The molecular weight excluding hydrogens is 428 g/mol. The number of rotatable bonds is 8. The highest BCUT2D eigenvalue weighted by Crippen LogP contribution is 2.40. The second-order valence-corrected chi connectivity index (χ2v) is 6.62. The van der Waals surface area contributed by atoms with Gasteiger partial charge in [-0.05, 0) is 64.8 Å². The van der Waals surface area contributed by atoms with E-state index in [1.807, 2.05) is 32.9 Å². The first kappa shape index (κ1) is 20.4. The van der Waals surface area contributed by atoms with Crippen LogP contribution in [0.2, 0.25) is 0 Å². The van der Waals surface area contributed by atoms with Crippen molar-refractivity contribution in [2.45, 2.75) is 39.9 Å². The standard InChI is InChI=1S/C17H22Br2O4/c1-6-17(21-7-2,22-8-3)12-9-13(18)15(14(19)10-12)23-16(20)11(4)5/h9-10H,4,6-8H2,1-3,5H3. The third-order valence-corrected chi connectivity index (χ3v) is 4.38. The Kier molecular flexibility index (Phi) is 7.94. The summed E-state index contributed by atoms with van der Waals surface area (Å²) in [5.41, 5.74) is 1.18. The highest BCUT2D eigenvalue weighted by atomic mass is 79.9. The van der Waals surface area contributed by atoms with Crippen molar-refractivity contribution in [2.75, 3.05) is 13.2 Å². The Balaban J connectivity index is 3.29. The van der Waals surface area contributed by atoms with Gasteiger partial charge in [-0.25, -0.2) is 4.79 Å². The van der Waals surface area contributed by atoms with Crippen molar-refractivity contribution >= 4 is 37.8 Å². The van der Waals surface area contributed by atoms with Crippen molar-refractivity contribution in [1.29, 1.82) is 0 Å². The summed E-state index contributed by atoms with van der Waals surface area (Å²) in [4.78, 5) is 11.7. The lowest BCUT2D eigenvalue weighted by molar-refractivity contribution is -0.244. The molecule has 0 amide bonds. The Bertz CT molecular complexity index is 555. The van der Waals surface area contributed by atoms with Crippen molar-refractivity contribution in [3.63, 3.8) is 0 Å². The minimum atomic E-state index is -0.828. The van der Waals surface area contributed by atoms with Crippen LogP contribution in [0.3, 0.4) is 0 Å². The molecule has 0 aromatic heterocycles. The monoisotopic (exact) mass is 448 g/mol. The van der Waals surface area contributed by atoms with Crippen LogP contribution in [-0.4, -0.2) is 19.2 Å². The van der Waals surface area contributed by atoms with Crippen molar-refractivity contribution in [3.8, 4) is 5.75 Å². The smallest absolute Gasteiger partial charge is 0.338 e. The lowest BCUT2D eigenvalue weighted by Gasteiger charge is -2.33. The van der Waals surface area contributed by atoms with Gasteiger partial charge in [-0.1, -0.05) is 13.5 Å². The number of esters is 1. The quantitative estimate of drug-likeness (QED) is 0.233. The van der Waals surface area contributed by atoms with Crippen LogP contribution in [0.15, 0.2) is 33.2 Å². The zero-order valence-corrected chi connectivity index (χ0v) is 17.0. The van der Waals surface area contributed by atoms with Crippen molar-refractivity contribution in [2.24, 2.45) is 0 Å². The van der Waals surface area contributed by atoms with Gasteiger partial charge in [-0.15, -0.1) is 0 Å². The molecule has 0 unspecified atom stereocenters. The zero-order valence-electron chi connectivity index (χ0n) is 13.9. The minimum absolute atomic E-state index is 0.333. The average molecular weight is 450 g/mol. The molecule has 0 aliphatic heterocycles. The summed E-state index contributed by atoms with van der Waals surface area (Å²) in [5, 5.41) is 0. The number of hydrogen-bond donors (Lipinski definition) is 0. The van der Waals surface area contributed by atoms with Gasteiger partial charge in [-0.2, -0.15) is 0 Å². The summed E-state index contributed by atoms with van der Waals surface area (Å²) >= 11 is 6.90. The molecule has 0 aliphatic carbocycles. The van der Waals surface area contributed by atoms with E-state index in [1.54, 1.807) is 6.92 Å². The SMILES string of the molecule is C=C(C)C(=O)Oc1c(Br)cc(C(CC)(OCC)OCC)cc1Br. The lowest BCUT2D eigenvalue weighted by Crippen LogP contribution is -2.32. The predicted molar refractivity (Wildman–Crippen MR) is 97.5 cm³/mol. The van der Waals surface area contributed by atoms with Gasteiger partial charge in [-0.3, -0.25) is 0 Å². The molecule has 0 heterocycles. The van der Waals surface area contributed by atoms with Crippen LogP contribution in [-0.2, 0) is 20.1 Å². The van der Waals surface area contributed by atoms with Crippen LogP contribution in [0.4, 0.5) is 0 Å². The molecule has 1 aromatic rings. The van der Waals surface area contributed by atoms with Gasteiger partial charge in [0.05, 0.1) is 8.95 Å². The predicted octanol–water partition coefficient (Wildman–Crippen LogP) is 5.33. The topological polar surface area (TPSA) is 44.8 Å². The van der Waals surface area contributed by atoms with Gasteiger partial charge < -0.3 is 14.2 Å². The molecule has 0 radical (unpaired) electrons. The number of carbonyl (C=O) groups is 1. The van der Waals surface area contributed by atoms with Crippen molar-refractivity contribution in [3.05, 3.63) is 38.8 Å². The van der Waals surface area contributed by atoms with Crippen molar-refractivity contribution < 1.29 is 19.0 Å². The molecule has 0 bridgehead atoms. The van der Waals surface area contributed by atoms with Crippen LogP contribution in [0.25, 0.3) is 0 Å². The van der Waals surface area contributed by atoms with Gasteiger partial charge in [0.25, 0.3) is 0 Å². The molecule has 23 heavy (non-hydrogen) atoms. The normalized spacial score (nSPS) is 11.4. The molecule has 1 aromatic carbocycles. The third kappa shape index (κ3) is 4.89. The fraction of sp³-hybridized carbons (Fsp3) is 0.471. The fourth-order valence-electron chi connectivity index (χ4n) is 2.14. The Morgan fingerprint density at radius 2 is 1.61 bits per heavy atom. The number of carbonyl (C=O) groups excluding carboxylic acids is 1. The maximum absolute atomic E-state index is 11.7. The highest BCUT2D eigenvalue weighted by molar-refractivity contribution is 9.11. The molecule has 0 atom stereocenters. The summed E-state index contributed by atoms with van der Waals surface area (Å²) in [6.45, 7) is 12.1. The first-order valence-electron chi connectivity index (χ1n) is 7.46. The van der Waals surface area contributed by atoms with E-state index in [0.717, 1.165) is 5.56 Å². The molecule has 1 rings (SSSR count). The van der Waals surface area contributed by atoms with E-state index >= 15 is 0 Å². The Morgan fingerprint density at radius 1 is 1.13 bits per heavy atom. The third-order valence-electron chi connectivity index (χ3n) is 3.20. The van der Waals surface area contributed by atoms with E-state index < -0.39 is 11.8 Å². The van der Waals surface area contributed by atoms with Gasteiger partial charge >= 0.3 is 5.97 Å². The van der Waals surface area contributed by atoms with Crippen molar-refractivity contribution in [1.82, 2.24) is 0 Å². The molecule has 0 saturated heterocycles. The molecule has 0 N–H and O–H groups in total. The Morgan fingerprint density at radius 3 is 1.96 bits per heavy atom. The van der Waals surface area contributed by atoms with Crippen LogP contribution in [0.1, 0.15) is 39.7 Å². The lowest BCUT2D eigenvalue weighted by atomic mass is 10.0. The maximum atomic E-state index is 11.7. The molecule has 4 nitrogen and oxygen atoms in total. The van der Waals surface area contributed by atoms with Gasteiger partial charge in [0.2, 0.25) is 0 Å². The number of ether oxygens (including phenoxy) is 3. The zero-order chi connectivity index (χ0) is 17.6. The maximum Gasteiger partial charge on any atom is 0.338 e. The molecule has 0 spiro atoms. The van der Waals surface area contributed by atoms with Crippen LogP contribution < -0.4 is 4.74 Å². The van der Waals surface area contributed by atoms with Crippen LogP contribution in [0.5, 0.6) is 5.75 Å². The summed E-state index contributed by atoms with van der Waals surface area (Å²) in [7, 11) is 0. The van der Waals surface area contributed by atoms with E-state index in [9.17, 15) is 4.79 Å². The summed E-state index contributed by atoms with van der Waals surface area (Å²) in [6, 6.07) is 3.70. The number of hydrogen-bond acceptors (Lipinski definition) is 4. The molecule has 128 valence electrons. The molecule has 0 aliphatic rings. The molecular formula is C17H22Br2O4. The van der Waals surface area contributed by atoms with Gasteiger partial charge in [0.1, 0.15) is 0 Å². The van der Waals surface area contributed by atoms with Gasteiger partial charge in [0, 0.05) is 30.8 Å².